The maximum absolute atomic E-state index is 6.86. The second kappa shape index (κ2) is 7.91. The normalized spacial score (nSPS) is 12.5. The highest BCUT2D eigenvalue weighted by molar-refractivity contribution is 6.06. The molecule has 0 amide bonds. The van der Waals surface area contributed by atoms with Crippen molar-refractivity contribution in [2.45, 2.75) is 46.5 Å². The van der Waals surface area contributed by atoms with Crippen LogP contribution in [-0.2, 0) is 7.05 Å². The summed E-state index contributed by atoms with van der Waals surface area (Å²) >= 11 is 0. The molecular formula is C32H31N2O+. The van der Waals surface area contributed by atoms with Crippen LogP contribution < -0.4 is 9.30 Å². The van der Waals surface area contributed by atoms with Crippen molar-refractivity contribution < 1.29 is 9.30 Å². The lowest BCUT2D eigenvalue weighted by Crippen LogP contribution is -2.33. The summed E-state index contributed by atoms with van der Waals surface area (Å²) in [6.07, 6.45) is 1.94. The molecule has 1 aromatic heterocycles. The predicted octanol–water partition coefficient (Wildman–Crippen LogP) is 8.21. The van der Waals surface area contributed by atoms with Gasteiger partial charge in [-0.1, -0.05) is 76.2 Å². The summed E-state index contributed by atoms with van der Waals surface area (Å²) in [4.78, 5) is 4.82. The zero-order chi connectivity index (χ0) is 24.4. The molecule has 1 aliphatic rings. The predicted molar refractivity (Wildman–Crippen MR) is 144 cm³/mol. The second-order valence-corrected chi connectivity index (χ2v) is 10.4. The van der Waals surface area contributed by atoms with Gasteiger partial charge >= 0.3 is 0 Å². The quantitative estimate of drug-likeness (QED) is 0.249. The summed E-state index contributed by atoms with van der Waals surface area (Å²) in [7, 11) is 2.09. The van der Waals surface area contributed by atoms with E-state index >= 15 is 0 Å². The first-order valence-electron chi connectivity index (χ1n) is 12.5. The zero-order valence-electron chi connectivity index (χ0n) is 21.3. The molecule has 0 saturated heterocycles. The number of nitrogens with zero attached hydrogens (tertiary/aromatic N) is 2. The summed E-state index contributed by atoms with van der Waals surface area (Å²) in [5, 5.41) is 3.64. The highest BCUT2D eigenvalue weighted by atomic mass is 16.5. The minimum atomic E-state index is 0.324. The van der Waals surface area contributed by atoms with Crippen LogP contribution in [0.25, 0.3) is 44.1 Å². The summed E-state index contributed by atoms with van der Waals surface area (Å²) in [5.74, 6) is 2.70. The van der Waals surface area contributed by atoms with Crippen LogP contribution in [-0.4, -0.2) is 4.98 Å². The van der Waals surface area contributed by atoms with Crippen LogP contribution in [0.5, 0.6) is 11.5 Å². The number of ether oxygens (including phenoxy) is 1. The Morgan fingerprint density at radius 1 is 0.829 bits per heavy atom. The van der Waals surface area contributed by atoms with Gasteiger partial charge < -0.3 is 4.74 Å². The summed E-state index contributed by atoms with van der Waals surface area (Å²) in [6, 6.07) is 22.0. The van der Waals surface area contributed by atoms with Gasteiger partial charge in [0.05, 0.1) is 12.6 Å². The average molecular weight is 460 g/mol. The van der Waals surface area contributed by atoms with Gasteiger partial charge in [0.25, 0.3) is 6.33 Å². The topological polar surface area (TPSA) is 26.0 Å². The molecule has 174 valence electrons. The Bertz CT molecular complexity index is 1630. The SMILES string of the molecule is Cc1c2c(c(C(C)C)c3ccccc13)Oc1cc(-c3ccc(C(C)C)cc3)cc3nc[n+](C)c-2c13. The van der Waals surface area contributed by atoms with E-state index in [0.29, 0.717) is 11.8 Å². The third-order valence-electron chi connectivity index (χ3n) is 7.45. The van der Waals surface area contributed by atoms with Gasteiger partial charge in [-0.15, -0.1) is 0 Å². The van der Waals surface area contributed by atoms with Gasteiger partial charge in [0, 0.05) is 5.56 Å². The Hall–Kier alpha value is -3.72. The number of aromatic nitrogens is 2. The minimum Gasteiger partial charge on any atom is -0.455 e. The molecule has 0 aliphatic carbocycles. The molecule has 4 aromatic carbocycles. The number of rotatable bonds is 3. The van der Waals surface area contributed by atoms with E-state index in [2.05, 4.69) is 107 Å². The Kier molecular flexibility index (Phi) is 4.93. The van der Waals surface area contributed by atoms with Crippen molar-refractivity contribution in [3.05, 3.63) is 83.7 Å². The van der Waals surface area contributed by atoms with Gasteiger partial charge in [0.1, 0.15) is 16.9 Å². The highest BCUT2D eigenvalue weighted by Crippen LogP contribution is 2.52. The molecule has 2 heterocycles. The van der Waals surface area contributed by atoms with Gasteiger partial charge in [-0.25, -0.2) is 4.57 Å². The lowest BCUT2D eigenvalue weighted by Gasteiger charge is -2.27. The fraction of sp³-hybridized carbons (Fsp3) is 0.250. The number of hydrogen-bond donors (Lipinski definition) is 0. The molecule has 0 fully saturated rings. The number of aryl methyl sites for hydroxylation is 2. The molecular weight excluding hydrogens is 428 g/mol. The smallest absolute Gasteiger partial charge is 0.287 e. The van der Waals surface area contributed by atoms with Crippen LogP contribution in [0.15, 0.2) is 67.0 Å². The fourth-order valence-electron chi connectivity index (χ4n) is 5.61. The number of hydrogen-bond acceptors (Lipinski definition) is 2. The van der Waals surface area contributed by atoms with Crippen molar-refractivity contribution in [1.82, 2.24) is 4.98 Å². The van der Waals surface area contributed by atoms with E-state index in [1.54, 1.807) is 0 Å². The van der Waals surface area contributed by atoms with Crippen LogP contribution in [0, 0.1) is 6.92 Å². The molecule has 0 bridgehead atoms. The van der Waals surface area contributed by atoms with Crippen molar-refractivity contribution in [2.24, 2.45) is 7.05 Å². The first-order valence-corrected chi connectivity index (χ1v) is 12.5. The van der Waals surface area contributed by atoms with E-state index < -0.39 is 0 Å². The average Bonchev–Trinajstić information content (AvgIpc) is 2.85. The molecule has 35 heavy (non-hydrogen) atoms. The van der Waals surface area contributed by atoms with Gasteiger partial charge in [-0.2, -0.15) is 0 Å². The Morgan fingerprint density at radius 2 is 1.54 bits per heavy atom. The Labute approximate surface area is 207 Å². The first kappa shape index (κ1) is 21.8. The maximum Gasteiger partial charge on any atom is 0.287 e. The van der Waals surface area contributed by atoms with E-state index in [0.717, 1.165) is 28.0 Å². The third kappa shape index (κ3) is 3.25. The standard InChI is InChI=1S/C32H31N2O/c1-18(2)21-11-13-22(14-12-21)23-15-26-30-27(16-23)35-32-28(19(3)4)25-10-8-7-9-24(25)20(5)29(32)31(30)34(6)17-33-26/h7-19H,1-6H3/q+1. The van der Waals surface area contributed by atoms with Crippen molar-refractivity contribution >= 4 is 21.7 Å². The highest BCUT2D eigenvalue weighted by Gasteiger charge is 2.33. The summed E-state index contributed by atoms with van der Waals surface area (Å²) in [5.41, 5.74) is 9.49. The van der Waals surface area contributed by atoms with Crippen LogP contribution >= 0.6 is 0 Å². The summed E-state index contributed by atoms with van der Waals surface area (Å²) < 4.78 is 9.01. The molecule has 1 aliphatic heterocycles. The lowest BCUT2D eigenvalue weighted by atomic mass is 9.85. The van der Waals surface area contributed by atoms with Gasteiger partial charge in [0.2, 0.25) is 0 Å². The lowest BCUT2D eigenvalue weighted by molar-refractivity contribution is -0.662. The fourth-order valence-corrected chi connectivity index (χ4v) is 5.61. The van der Waals surface area contributed by atoms with E-state index in [-0.39, 0.29) is 0 Å². The van der Waals surface area contributed by atoms with Gasteiger partial charge in [0.15, 0.2) is 11.2 Å². The molecule has 0 unspecified atom stereocenters. The number of fused-ring (bicyclic) bond motifs is 3. The Morgan fingerprint density at radius 3 is 2.23 bits per heavy atom. The molecule has 0 N–H and O–H groups in total. The molecule has 3 nitrogen and oxygen atoms in total. The van der Waals surface area contributed by atoms with Gasteiger partial charge in [-0.3, -0.25) is 0 Å². The molecule has 0 spiro atoms. The molecule has 0 atom stereocenters. The van der Waals surface area contributed by atoms with Crippen LogP contribution in [0.1, 0.15) is 56.2 Å². The van der Waals surface area contributed by atoms with Crippen molar-refractivity contribution in [1.29, 1.82) is 0 Å². The van der Waals surface area contributed by atoms with Crippen LogP contribution in [0.3, 0.4) is 0 Å². The number of benzene rings is 4. The van der Waals surface area contributed by atoms with Crippen LogP contribution in [0.2, 0.25) is 0 Å². The van der Waals surface area contributed by atoms with Crippen molar-refractivity contribution in [2.75, 3.05) is 0 Å². The summed E-state index contributed by atoms with van der Waals surface area (Å²) in [6.45, 7) is 11.2. The molecule has 5 aromatic rings. The van der Waals surface area contributed by atoms with E-state index in [9.17, 15) is 0 Å². The largest absolute Gasteiger partial charge is 0.455 e. The van der Waals surface area contributed by atoms with Crippen molar-refractivity contribution in [3.8, 4) is 33.9 Å². The monoisotopic (exact) mass is 459 g/mol. The van der Waals surface area contributed by atoms with E-state index in [1.165, 1.54) is 44.3 Å². The first-order chi connectivity index (χ1) is 16.8. The molecule has 0 radical (unpaired) electrons. The molecule has 6 rings (SSSR count). The van der Waals surface area contributed by atoms with Gasteiger partial charge in [-0.05, 0) is 68.9 Å². The third-order valence-corrected chi connectivity index (χ3v) is 7.45. The van der Waals surface area contributed by atoms with Crippen LogP contribution in [0.4, 0.5) is 0 Å². The van der Waals surface area contributed by atoms with E-state index in [1.807, 2.05) is 6.33 Å². The minimum absolute atomic E-state index is 0.324. The zero-order valence-corrected chi connectivity index (χ0v) is 21.3. The Balaban J connectivity index is 1.67. The van der Waals surface area contributed by atoms with E-state index in [4.69, 9.17) is 9.72 Å². The van der Waals surface area contributed by atoms with Crippen molar-refractivity contribution in [3.63, 3.8) is 0 Å². The second-order valence-electron chi connectivity index (χ2n) is 10.4. The maximum atomic E-state index is 6.86. The molecule has 3 heteroatoms. The molecule has 0 saturated carbocycles.